The molecule has 0 aromatic carbocycles. The maximum atomic E-state index is 5.22. The molecule has 3 heteroatoms. The predicted octanol–water partition coefficient (Wildman–Crippen LogP) is 0.402. The number of aromatic nitrogens is 1. The SMILES string of the molecule is NCc1n[c]cs1. The van der Waals surface area contributed by atoms with Gasteiger partial charge in [0, 0.05) is 11.9 Å². The minimum atomic E-state index is 0.536. The highest BCUT2D eigenvalue weighted by Crippen LogP contribution is 1.99. The van der Waals surface area contributed by atoms with Crippen LogP contribution in [0.4, 0.5) is 0 Å². The number of nitrogens with two attached hydrogens (primary N) is 1. The zero-order valence-corrected chi connectivity index (χ0v) is 4.53. The van der Waals surface area contributed by atoms with Gasteiger partial charge in [-0.25, -0.2) is 4.98 Å². The highest BCUT2D eigenvalue weighted by Gasteiger charge is 1.85. The van der Waals surface area contributed by atoms with Crippen LogP contribution in [0.2, 0.25) is 0 Å². The molecule has 1 rings (SSSR count). The van der Waals surface area contributed by atoms with Gasteiger partial charge in [-0.2, -0.15) is 0 Å². The number of nitrogens with zero attached hydrogens (tertiary/aromatic N) is 1. The molecule has 0 unspecified atom stereocenters. The normalized spacial score (nSPS) is 9.29. The van der Waals surface area contributed by atoms with E-state index < -0.39 is 0 Å². The minimum Gasteiger partial charge on any atom is -0.325 e. The molecule has 0 saturated heterocycles. The second-order valence-corrected chi connectivity index (χ2v) is 2.02. The summed E-state index contributed by atoms with van der Waals surface area (Å²) in [5, 5.41) is 2.74. The third-order valence-electron chi connectivity index (χ3n) is 0.612. The van der Waals surface area contributed by atoms with Crippen LogP contribution in [0.1, 0.15) is 5.01 Å². The molecule has 1 radical (unpaired) electrons. The molecule has 0 bridgehead atoms. The Balaban J connectivity index is 2.76. The van der Waals surface area contributed by atoms with E-state index in [0.717, 1.165) is 5.01 Å². The predicted molar refractivity (Wildman–Crippen MR) is 28.8 cm³/mol. The Morgan fingerprint density at radius 2 is 2.86 bits per heavy atom. The molecule has 37 valence electrons. The van der Waals surface area contributed by atoms with E-state index in [1.165, 1.54) is 11.3 Å². The van der Waals surface area contributed by atoms with Gasteiger partial charge in [-0.1, -0.05) is 0 Å². The first kappa shape index (κ1) is 4.74. The van der Waals surface area contributed by atoms with Crippen molar-refractivity contribution in [2.45, 2.75) is 6.54 Å². The first-order chi connectivity index (χ1) is 3.43. The van der Waals surface area contributed by atoms with Gasteiger partial charge in [0.15, 0.2) is 0 Å². The first-order valence-corrected chi connectivity index (χ1v) is 2.82. The number of hydrogen-bond donors (Lipinski definition) is 1. The first-order valence-electron chi connectivity index (χ1n) is 1.94. The van der Waals surface area contributed by atoms with Crippen molar-refractivity contribution < 1.29 is 0 Å². The average molecular weight is 113 g/mol. The molecule has 2 N–H and O–H groups in total. The molecule has 0 aliphatic heterocycles. The van der Waals surface area contributed by atoms with Crippen LogP contribution < -0.4 is 5.73 Å². The summed E-state index contributed by atoms with van der Waals surface area (Å²) < 4.78 is 0. The van der Waals surface area contributed by atoms with E-state index in [1.54, 1.807) is 5.38 Å². The van der Waals surface area contributed by atoms with Gasteiger partial charge in [0.1, 0.15) is 11.2 Å². The van der Waals surface area contributed by atoms with Crippen LogP contribution in [-0.2, 0) is 6.54 Å². The summed E-state index contributed by atoms with van der Waals surface area (Å²) in [6.45, 7) is 0.536. The fourth-order valence-corrected chi connectivity index (χ4v) is 0.756. The molecule has 1 aromatic rings. The van der Waals surface area contributed by atoms with Gasteiger partial charge in [0.2, 0.25) is 0 Å². The highest BCUT2D eigenvalue weighted by atomic mass is 32.1. The van der Waals surface area contributed by atoms with Gasteiger partial charge in [-0.05, 0) is 0 Å². The summed E-state index contributed by atoms with van der Waals surface area (Å²) in [6, 6.07) is 0. The molecule has 0 spiro atoms. The van der Waals surface area contributed by atoms with Crippen LogP contribution in [0.25, 0.3) is 0 Å². The zero-order valence-electron chi connectivity index (χ0n) is 3.72. The van der Waals surface area contributed by atoms with E-state index in [0.29, 0.717) is 6.54 Å². The van der Waals surface area contributed by atoms with Crippen molar-refractivity contribution in [2.75, 3.05) is 0 Å². The summed E-state index contributed by atoms with van der Waals surface area (Å²) >= 11 is 1.53. The van der Waals surface area contributed by atoms with Crippen LogP contribution in [0.5, 0.6) is 0 Å². The lowest BCUT2D eigenvalue weighted by Crippen LogP contribution is -1.93. The molecular weight excluding hydrogens is 108 g/mol. The average Bonchev–Trinajstić information content (AvgIpc) is 2.14. The second kappa shape index (κ2) is 2.04. The summed E-state index contributed by atoms with van der Waals surface area (Å²) in [7, 11) is 0. The second-order valence-electron chi connectivity index (χ2n) is 1.07. The van der Waals surface area contributed by atoms with Gasteiger partial charge in [-0.15, -0.1) is 11.3 Å². The molecule has 0 aliphatic rings. The van der Waals surface area contributed by atoms with E-state index in [2.05, 4.69) is 11.2 Å². The topological polar surface area (TPSA) is 38.9 Å². The van der Waals surface area contributed by atoms with Gasteiger partial charge in [0.05, 0.1) is 0 Å². The van der Waals surface area contributed by atoms with Crippen LogP contribution in [0.15, 0.2) is 5.38 Å². The Morgan fingerprint density at radius 1 is 2.00 bits per heavy atom. The van der Waals surface area contributed by atoms with Gasteiger partial charge < -0.3 is 5.73 Å². The monoisotopic (exact) mass is 113 g/mol. The van der Waals surface area contributed by atoms with Crippen LogP contribution in [-0.4, -0.2) is 4.98 Å². The standard InChI is InChI=1S/C4H5N2S/c5-3-4-6-1-2-7-4/h2H,3,5H2. The molecule has 0 atom stereocenters. The van der Waals surface area contributed by atoms with Crippen molar-refractivity contribution in [3.63, 3.8) is 0 Å². The molecule has 1 heterocycles. The highest BCUT2D eigenvalue weighted by molar-refractivity contribution is 7.09. The number of hydrogen-bond acceptors (Lipinski definition) is 3. The Bertz CT molecular complexity index is 124. The summed E-state index contributed by atoms with van der Waals surface area (Å²) in [5.74, 6) is 0. The fraction of sp³-hybridized carbons (Fsp3) is 0.250. The molecule has 2 nitrogen and oxygen atoms in total. The van der Waals surface area contributed by atoms with Crippen LogP contribution in [0.3, 0.4) is 0 Å². The molecule has 0 fully saturated rings. The lowest BCUT2D eigenvalue weighted by molar-refractivity contribution is 1.04. The van der Waals surface area contributed by atoms with E-state index in [4.69, 9.17) is 5.73 Å². The number of rotatable bonds is 1. The Hall–Kier alpha value is -0.410. The lowest BCUT2D eigenvalue weighted by atomic mass is 10.7. The van der Waals surface area contributed by atoms with Crippen molar-refractivity contribution >= 4 is 11.3 Å². The van der Waals surface area contributed by atoms with Crippen molar-refractivity contribution in [1.82, 2.24) is 4.98 Å². The van der Waals surface area contributed by atoms with Gasteiger partial charge in [0.25, 0.3) is 0 Å². The van der Waals surface area contributed by atoms with Gasteiger partial charge >= 0.3 is 0 Å². The van der Waals surface area contributed by atoms with Crippen molar-refractivity contribution in [1.29, 1.82) is 0 Å². The largest absolute Gasteiger partial charge is 0.325 e. The Morgan fingerprint density at radius 3 is 3.14 bits per heavy atom. The van der Waals surface area contributed by atoms with Crippen molar-refractivity contribution in [3.05, 3.63) is 16.6 Å². The molecular formula is C4H5N2S. The molecule has 7 heavy (non-hydrogen) atoms. The van der Waals surface area contributed by atoms with Crippen molar-refractivity contribution in [3.8, 4) is 0 Å². The fourth-order valence-electron chi connectivity index (χ4n) is 0.313. The van der Waals surface area contributed by atoms with E-state index in [-0.39, 0.29) is 0 Å². The third-order valence-corrected chi connectivity index (χ3v) is 1.36. The summed E-state index contributed by atoms with van der Waals surface area (Å²) in [6.07, 6.45) is 2.67. The molecule has 0 saturated carbocycles. The Labute approximate surface area is 46.0 Å². The summed E-state index contributed by atoms with van der Waals surface area (Å²) in [5.41, 5.74) is 5.22. The summed E-state index contributed by atoms with van der Waals surface area (Å²) in [4.78, 5) is 3.80. The minimum absolute atomic E-state index is 0.536. The molecule has 0 aliphatic carbocycles. The lowest BCUT2D eigenvalue weighted by Gasteiger charge is -1.77. The maximum absolute atomic E-state index is 5.22. The zero-order chi connectivity index (χ0) is 5.11. The third kappa shape index (κ3) is 0.976. The van der Waals surface area contributed by atoms with Crippen LogP contribution >= 0.6 is 11.3 Å². The Kier molecular flexibility index (Phi) is 1.38. The molecule has 0 amide bonds. The van der Waals surface area contributed by atoms with E-state index in [9.17, 15) is 0 Å². The quantitative estimate of drug-likeness (QED) is 0.572. The van der Waals surface area contributed by atoms with E-state index >= 15 is 0 Å². The smallest absolute Gasteiger partial charge is 0.107 e. The van der Waals surface area contributed by atoms with Crippen molar-refractivity contribution in [2.24, 2.45) is 5.73 Å². The molecule has 1 aromatic heterocycles. The van der Waals surface area contributed by atoms with E-state index in [1.807, 2.05) is 0 Å². The maximum Gasteiger partial charge on any atom is 0.107 e. The number of thiazole rings is 1. The van der Waals surface area contributed by atoms with Gasteiger partial charge in [-0.3, -0.25) is 0 Å². The van der Waals surface area contributed by atoms with Crippen LogP contribution in [0, 0.1) is 6.20 Å².